The van der Waals surface area contributed by atoms with E-state index >= 15 is 0 Å². The van der Waals surface area contributed by atoms with Gasteiger partial charge in [-0.15, -0.1) is 0 Å². The number of aromatic nitrogens is 1. The topological polar surface area (TPSA) is 101 Å². The van der Waals surface area contributed by atoms with E-state index < -0.39 is 0 Å². The molecule has 0 fully saturated rings. The predicted octanol–water partition coefficient (Wildman–Crippen LogP) is 3.47. The third-order valence-corrected chi connectivity index (χ3v) is 6.39. The second-order valence-corrected chi connectivity index (χ2v) is 9.30. The molecule has 1 aliphatic heterocycles. The average molecular weight is 497 g/mol. The molecule has 3 atom stereocenters. The van der Waals surface area contributed by atoms with Crippen molar-refractivity contribution in [3.05, 3.63) is 53.9 Å². The molecule has 1 aromatic heterocycles. The third kappa shape index (κ3) is 6.60. The van der Waals surface area contributed by atoms with Crippen molar-refractivity contribution in [2.24, 2.45) is 5.92 Å². The van der Waals surface area contributed by atoms with E-state index in [1.807, 2.05) is 20.8 Å². The molecule has 2 heterocycles. The highest BCUT2D eigenvalue weighted by atomic mass is 16.5. The molecule has 0 saturated carbocycles. The van der Waals surface area contributed by atoms with Crippen molar-refractivity contribution in [2.45, 2.75) is 45.8 Å². The first-order valence-electron chi connectivity index (χ1n) is 12.3. The van der Waals surface area contributed by atoms with Crippen molar-refractivity contribution in [1.29, 1.82) is 0 Å². The molecular formula is C27H36N4O5. The number of hydrogen-bond acceptors (Lipinski definition) is 6. The third-order valence-electron chi connectivity index (χ3n) is 6.39. The van der Waals surface area contributed by atoms with Crippen molar-refractivity contribution in [3.8, 4) is 5.75 Å². The minimum Gasteiger partial charge on any atom is -0.491 e. The largest absolute Gasteiger partial charge is 0.491 e. The van der Waals surface area contributed by atoms with Crippen LogP contribution in [0.3, 0.4) is 0 Å². The quantitative estimate of drug-likeness (QED) is 0.680. The van der Waals surface area contributed by atoms with Crippen molar-refractivity contribution in [2.75, 3.05) is 39.2 Å². The number of rotatable bonds is 5. The number of hydrogen-bond donors (Lipinski definition) is 1. The smallest absolute Gasteiger partial charge is 0.257 e. The van der Waals surface area contributed by atoms with Crippen molar-refractivity contribution >= 4 is 23.4 Å². The Bertz CT molecular complexity index is 1060. The summed E-state index contributed by atoms with van der Waals surface area (Å²) < 4.78 is 11.9. The maximum atomic E-state index is 13.4. The Morgan fingerprint density at radius 3 is 2.56 bits per heavy atom. The van der Waals surface area contributed by atoms with Crippen LogP contribution in [0.1, 0.15) is 54.3 Å². The van der Waals surface area contributed by atoms with Gasteiger partial charge in [0.2, 0.25) is 5.91 Å². The summed E-state index contributed by atoms with van der Waals surface area (Å²) in [6.45, 7) is 6.81. The number of ether oxygens (including phenoxy) is 2. The lowest BCUT2D eigenvalue weighted by Gasteiger charge is -2.36. The van der Waals surface area contributed by atoms with Gasteiger partial charge in [0, 0.05) is 63.2 Å². The summed E-state index contributed by atoms with van der Waals surface area (Å²) in [4.78, 5) is 46.4. The lowest BCUT2D eigenvalue weighted by Crippen LogP contribution is -2.48. The molecule has 0 radical (unpaired) electrons. The van der Waals surface area contributed by atoms with Crippen LogP contribution in [0.5, 0.6) is 5.75 Å². The van der Waals surface area contributed by atoms with Crippen LogP contribution in [0.4, 0.5) is 5.69 Å². The zero-order valence-electron chi connectivity index (χ0n) is 21.7. The Balaban J connectivity index is 1.96. The minimum atomic E-state index is -0.296. The zero-order valence-corrected chi connectivity index (χ0v) is 21.7. The molecule has 0 saturated heterocycles. The molecule has 9 heteroatoms. The van der Waals surface area contributed by atoms with Gasteiger partial charge in [-0.2, -0.15) is 0 Å². The second-order valence-electron chi connectivity index (χ2n) is 9.30. The molecule has 0 spiro atoms. The molecule has 1 aliphatic rings. The Labute approximate surface area is 212 Å². The maximum Gasteiger partial charge on any atom is 0.257 e. The molecule has 0 aliphatic carbocycles. The Hall–Kier alpha value is -3.46. The van der Waals surface area contributed by atoms with Crippen molar-refractivity contribution in [3.63, 3.8) is 0 Å². The first-order valence-corrected chi connectivity index (χ1v) is 12.3. The lowest BCUT2D eigenvalue weighted by molar-refractivity contribution is -0.116. The van der Waals surface area contributed by atoms with E-state index in [1.54, 1.807) is 66.7 Å². The lowest BCUT2D eigenvalue weighted by atomic mass is 10.0. The average Bonchev–Trinajstić information content (AvgIpc) is 2.88. The first-order chi connectivity index (χ1) is 17.2. The normalized spacial score (nSPS) is 21.0. The van der Waals surface area contributed by atoms with E-state index in [1.165, 1.54) is 0 Å². The predicted molar refractivity (Wildman–Crippen MR) is 137 cm³/mol. The fourth-order valence-corrected chi connectivity index (χ4v) is 4.25. The van der Waals surface area contributed by atoms with Crippen LogP contribution in [-0.2, 0) is 9.53 Å². The maximum absolute atomic E-state index is 13.4. The molecule has 3 rings (SSSR count). The van der Waals surface area contributed by atoms with E-state index in [2.05, 4.69) is 10.3 Å². The highest BCUT2D eigenvalue weighted by Gasteiger charge is 2.31. The van der Waals surface area contributed by atoms with Gasteiger partial charge in [-0.25, -0.2) is 0 Å². The van der Waals surface area contributed by atoms with E-state index in [9.17, 15) is 14.4 Å². The van der Waals surface area contributed by atoms with Crippen LogP contribution in [0.25, 0.3) is 0 Å². The number of carbonyl (C=O) groups excluding carboxylic acids is 3. The van der Waals surface area contributed by atoms with E-state index in [0.29, 0.717) is 42.1 Å². The van der Waals surface area contributed by atoms with Gasteiger partial charge in [-0.1, -0.05) is 13.8 Å². The van der Waals surface area contributed by atoms with Gasteiger partial charge < -0.3 is 24.6 Å². The Kier molecular flexibility index (Phi) is 9.41. The number of nitrogens with zero attached hydrogens (tertiary/aromatic N) is 3. The summed E-state index contributed by atoms with van der Waals surface area (Å²) in [7, 11) is 3.32. The number of nitrogens with one attached hydrogen (secondary N) is 1. The van der Waals surface area contributed by atoms with Crippen LogP contribution in [0.2, 0.25) is 0 Å². The van der Waals surface area contributed by atoms with Gasteiger partial charge >= 0.3 is 0 Å². The summed E-state index contributed by atoms with van der Waals surface area (Å²) in [5.41, 5.74) is 1.42. The van der Waals surface area contributed by atoms with E-state index in [0.717, 1.165) is 6.42 Å². The van der Waals surface area contributed by atoms with Gasteiger partial charge in [0.1, 0.15) is 12.4 Å². The van der Waals surface area contributed by atoms with E-state index in [4.69, 9.17) is 9.47 Å². The monoisotopic (exact) mass is 496 g/mol. The van der Waals surface area contributed by atoms with Gasteiger partial charge in [-0.05, 0) is 43.7 Å². The fraction of sp³-hybridized carbons (Fsp3) is 0.481. The molecule has 1 N–H and O–H groups in total. The first kappa shape index (κ1) is 27.1. The summed E-state index contributed by atoms with van der Waals surface area (Å²) in [6, 6.07) is 8.15. The molecule has 194 valence electrons. The zero-order chi connectivity index (χ0) is 26.2. The standard InChI is InChI=1S/C27H36N4O5/c1-6-7-25(32)29-21-8-9-23-22(14-21)27(34)30(4)16-24(35-5)18(2)15-31(19(3)17-36-23)26(33)20-10-12-28-13-11-20/h8-14,18-19,24H,6-7,15-17H2,1-5H3,(H,29,32)/t18-,19-,24+/m1/s1. The second kappa shape index (κ2) is 12.5. The number of amides is 3. The van der Waals surface area contributed by atoms with Crippen LogP contribution in [-0.4, -0.2) is 78.5 Å². The number of fused-ring (bicyclic) bond motifs is 1. The van der Waals surface area contributed by atoms with Gasteiger partial charge in [0.15, 0.2) is 0 Å². The SMILES string of the molecule is CCCC(=O)Nc1ccc2c(c1)C(=O)N(C)C[C@H](OC)[C@H](C)CN(C(=O)c1ccncc1)[C@H](C)CO2. The highest BCUT2D eigenvalue weighted by Crippen LogP contribution is 2.27. The fourth-order valence-electron chi connectivity index (χ4n) is 4.25. The van der Waals surface area contributed by atoms with Crippen molar-refractivity contribution < 1.29 is 23.9 Å². The highest BCUT2D eigenvalue weighted by molar-refractivity contribution is 5.99. The Morgan fingerprint density at radius 1 is 1.17 bits per heavy atom. The van der Waals surface area contributed by atoms with Gasteiger partial charge in [0.05, 0.1) is 17.7 Å². The van der Waals surface area contributed by atoms with Crippen LogP contribution >= 0.6 is 0 Å². The number of carbonyl (C=O) groups is 3. The van der Waals surface area contributed by atoms with Gasteiger partial charge in [0.25, 0.3) is 11.8 Å². The molecule has 0 bridgehead atoms. The Morgan fingerprint density at radius 2 is 1.89 bits per heavy atom. The molecular weight excluding hydrogens is 460 g/mol. The van der Waals surface area contributed by atoms with Gasteiger partial charge in [-0.3, -0.25) is 19.4 Å². The summed E-state index contributed by atoms with van der Waals surface area (Å²) >= 11 is 0. The molecule has 1 aromatic carbocycles. The number of benzene rings is 1. The number of methoxy groups -OCH3 is 1. The summed E-state index contributed by atoms with van der Waals surface area (Å²) in [5.74, 6) is -0.127. The summed E-state index contributed by atoms with van der Waals surface area (Å²) in [6.07, 6.45) is 4.02. The molecule has 9 nitrogen and oxygen atoms in total. The number of anilines is 1. The van der Waals surface area contributed by atoms with Crippen LogP contribution in [0.15, 0.2) is 42.7 Å². The summed E-state index contributed by atoms with van der Waals surface area (Å²) in [5, 5.41) is 2.84. The van der Waals surface area contributed by atoms with E-state index in [-0.39, 0.29) is 42.4 Å². The van der Waals surface area contributed by atoms with Crippen LogP contribution in [0, 0.1) is 5.92 Å². The number of likely N-dealkylation sites (N-methyl/N-ethyl adjacent to an activating group) is 1. The van der Waals surface area contributed by atoms with Crippen molar-refractivity contribution in [1.82, 2.24) is 14.8 Å². The minimum absolute atomic E-state index is 0.0583. The number of pyridine rings is 1. The molecule has 0 unspecified atom stereocenters. The molecule has 3 amide bonds. The molecule has 36 heavy (non-hydrogen) atoms. The van der Waals surface area contributed by atoms with Crippen LogP contribution < -0.4 is 10.1 Å². The molecule has 2 aromatic rings.